The molecule has 0 aromatic heterocycles. The normalized spacial score (nSPS) is 18.3. The first-order chi connectivity index (χ1) is 9.22. The molecule has 0 spiro atoms. The summed E-state index contributed by atoms with van der Waals surface area (Å²) in [6.45, 7) is 3.51. The van der Waals surface area contributed by atoms with Crippen molar-refractivity contribution >= 4 is 5.69 Å². The van der Waals surface area contributed by atoms with Crippen LogP contribution in [0.4, 0.5) is 5.69 Å². The third-order valence-electron chi connectivity index (χ3n) is 3.28. The highest BCUT2D eigenvalue weighted by atomic mass is 16.6. The van der Waals surface area contributed by atoms with Crippen LogP contribution in [0.5, 0.6) is 0 Å². The molecule has 2 rings (SSSR count). The number of nitrogens with zero attached hydrogens (tertiary/aromatic N) is 3. The maximum atomic E-state index is 10.6. The topological polar surface area (TPSA) is 82.2 Å². The minimum atomic E-state index is -0.430. The Kier molecular flexibility index (Phi) is 4.44. The number of nitrogens with one attached hydrogen (secondary N) is 1. The van der Waals surface area contributed by atoms with Gasteiger partial charge in [0.25, 0.3) is 5.69 Å². The second-order valence-corrected chi connectivity index (χ2v) is 4.52. The van der Waals surface area contributed by atoms with E-state index in [4.69, 9.17) is 0 Å². The fraction of sp³-hybridized carbons (Fsp3) is 0.462. The molecule has 0 saturated carbocycles. The van der Waals surface area contributed by atoms with Crippen molar-refractivity contribution in [2.75, 3.05) is 26.2 Å². The lowest BCUT2D eigenvalue weighted by Crippen LogP contribution is -2.31. The van der Waals surface area contributed by atoms with Gasteiger partial charge in [-0.25, -0.2) is 0 Å². The summed E-state index contributed by atoms with van der Waals surface area (Å²) in [5.41, 5.74) is 0.868. The van der Waals surface area contributed by atoms with Crippen LogP contribution in [0.1, 0.15) is 18.0 Å². The van der Waals surface area contributed by atoms with Gasteiger partial charge >= 0.3 is 0 Å². The van der Waals surface area contributed by atoms with E-state index in [1.54, 1.807) is 12.1 Å². The van der Waals surface area contributed by atoms with E-state index in [1.807, 2.05) is 0 Å². The zero-order valence-corrected chi connectivity index (χ0v) is 10.6. The molecule has 0 aliphatic carbocycles. The van der Waals surface area contributed by atoms with E-state index in [-0.39, 0.29) is 11.7 Å². The van der Waals surface area contributed by atoms with E-state index >= 15 is 0 Å². The quantitative estimate of drug-likeness (QED) is 0.657. The molecule has 1 aromatic carbocycles. The molecule has 1 aromatic rings. The molecule has 1 aliphatic heterocycles. The van der Waals surface area contributed by atoms with Crippen molar-refractivity contribution in [1.82, 2.24) is 10.2 Å². The summed E-state index contributed by atoms with van der Waals surface area (Å²) in [5.74, 6) is 0. The second-order valence-electron chi connectivity index (χ2n) is 4.52. The molecule has 19 heavy (non-hydrogen) atoms. The number of nitro groups is 1. The Morgan fingerprint density at radius 1 is 1.32 bits per heavy atom. The highest BCUT2D eigenvalue weighted by Crippen LogP contribution is 2.23. The molecule has 1 saturated heterocycles. The first kappa shape index (κ1) is 13.5. The maximum absolute atomic E-state index is 10.6. The fourth-order valence-electron chi connectivity index (χ4n) is 2.27. The molecule has 1 fully saturated rings. The molecule has 0 amide bonds. The largest absolute Gasteiger partial charge is 0.315 e. The van der Waals surface area contributed by atoms with Crippen molar-refractivity contribution in [3.63, 3.8) is 0 Å². The number of hydrogen-bond acceptors (Lipinski definition) is 5. The average Bonchev–Trinajstić information content (AvgIpc) is 2.69. The first-order valence-electron chi connectivity index (χ1n) is 6.31. The van der Waals surface area contributed by atoms with Crippen molar-refractivity contribution < 1.29 is 4.92 Å². The molecule has 1 aliphatic rings. The van der Waals surface area contributed by atoms with Crippen molar-refractivity contribution in [3.05, 3.63) is 39.9 Å². The van der Waals surface area contributed by atoms with E-state index < -0.39 is 4.92 Å². The third-order valence-corrected chi connectivity index (χ3v) is 3.28. The molecule has 6 nitrogen and oxygen atoms in total. The van der Waals surface area contributed by atoms with Crippen molar-refractivity contribution in [3.8, 4) is 6.07 Å². The predicted octanol–water partition coefficient (Wildman–Crippen LogP) is 1.45. The number of nitro benzene ring substituents is 1. The van der Waals surface area contributed by atoms with Gasteiger partial charge in [0.15, 0.2) is 0 Å². The van der Waals surface area contributed by atoms with Gasteiger partial charge in [-0.05, 0) is 30.7 Å². The fourth-order valence-corrected chi connectivity index (χ4v) is 2.27. The van der Waals surface area contributed by atoms with Gasteiger partial charge in [0.1, 0.15) is 6.04 Å². The Balaban J connectivity index is 2.16. The molecule has 6 heteroatoms. The van der Waals surface area contributed by atoms with Crippen molar-refractivity contribution in [2.24, 2.45) is 0 Å². The van der Waals surface area contributed by atoms with Crippen LogP contribution in [0.25, 0.3) is 0 Å². The Bertz CT molecular complexity index is 472. The number of rotatable bonds is 3. The van der Waals surface area contributed by atoms with Crippen LogP contribution in [0.3, 0.4) is 0 Å². The zero-order chi connectivity index (χ0) is 13.7. The van der Waals surface area contributed by atoms with E-state index in [1.165, 1.54) is 12.1 Å². The minimum absolute atomic E-state index is 0.0537. The van der Waals surface area contributed by atoms with Gasteiger partial charge in [-0.15, -0.1) is 0 Å². The van der Waals surface area contributed by atoms with Crippen molar-refractivity contribution in [2.45, 2.75) is 12.5 Å². The maximum Gasteiger partial charge on any atom is 0.269 e. The van der Waals surface area contributed by atoms with E-state index in [0.29, 0.717) is 0 Å². The van der Waals surface area contributed by atoms with E-state index in [2.05, 4.69) is 16.3 Å². The lowest BCUT2D eigenvalue weighted by Gasteiger charge is -2.25. The number of non-ortho nitro benzene ring substituents is 1. The van der Waals surface area contributed by atoms with Crippen LogP contribution in [-0.2, 0) is 0 Å². The molecule has 1 unspecified atom stereocenters. The lowest BCUT2D eigenvalue weighted by molar-refractivity contribution is -0.384. The molecule has 1 N–H and O–H groups in total. The van der Waals surface area contributed by atoms with E-state index in [0.717, 1.165) is 38.2 Å². The Labute approximate surface area is 111 Å². The Hall–Kier alpha value is -1.97. The first-order valence-corrected chi connectivity index (χ1v) is 6.31. The standard InChI is InChI=1S/C13H16N4O2/c14-10-13(16-8-1-6-15-7-9-16)11-2-4-12(5-3-11)17(18)19/h2-5,13,15H,1,6-9H2. The van der Waals surface area contributed by atoms with Gasteiger partial charge < -0.3 is 5.32 Å². The SMILES string of the molecule is N#CC(c1ccc([N+](=O)[O-])cc1)N1CCCNCC1. The molecular weight excluding hydrogens is 244 g/mol. The van der Waals surface area contributed by atoms with Crippen LogP contribution in [0.2, 0.25) is 0 Å². The summed E-state index contributed by atoms with van der Waals surface area (Å²) < 4.78 is 0. The summed E-state index contributed by atoms with van der Waals surface area (Å²) in [6, 6.07) is 8.21. The molecule has 100 valence electrons. The smallest absolute Gasteiger partial charge is 0.269 e. The second kappa shape index (κ2) is 6.27. The average molecular weight is 260 g/mol. The van der Waals surface area contributed by atoms with Gasteiger partial charge in [0, 0.05) is 31.8 Å². The summed E-state index contributed by atoms with van der Waals surface area (Å²) in [6.07, 6.45) is 1.01. The molecule has 0 radical (unpaired) electrons. The van der Waals surface area contributed by atoms with E-state index in [9.17, 15) is 15.4 Å². The molecule has 1 heterocycles. The number of nitriles is 1. The summed E-state index contributed by atoms with van der Waals surface area (Å²) >= 11 is 0. The monoisotopic (exact) mass is 260 g/mol. The highest BCUT2D eigenvalue weighted by molar-refractivity contribution is 5.35. The number of hydrogen-bond donors (Lipinski definition) is 1. The summed E-state index contributed by atoms with van der Waals surface area (Å²) in [4.78, 5) is 12.3. The van der Waals surface area contributed by atoms with Gasteiger partial charge in [-0.3, -0.25) is 15.0 Å². The number of benzene rings is 1. The van der Waals surface area contributed by atoms with Crippen LogP contribution in [0, 0.1) is 21.4 Å². The molecule has 1 atom stereocenters. The lowest BCUT2D eigenvalue weighted by atomic mass is 10.1. The van der Waals surface area contributed by atoms with Crippen LogP contribution in [0.15, 0.2) is 24.3 Å². The Morgan fingerprint density at radius 2 is 2.05 bits per heavy atom. The van der Waals surface area contributed by atoms with Gasteiger partial charge in [0.2, 0.25) is 0 Å². The summed E-state index contributed by atoms with van der Waals surface area (Å²) in [5, 5.41) is 23.3. The highest BCUT2D eigenvalue weighted by Gasteiger charge is 2.21. The molecular formula is C13H16N4O2. The van der Waals surface area contributed by atoms with Crippen LogP contribution < -0.4 is 5.32 Å². The zero-order valence-electron chi connectivity index (χ0n) is 10.6. The van der Waals surface area contributed by atoms with Crippen LogP contribution in [-0.4, -0.2) is 36.0 Å². The van der Waals surface area contributed by atoms with Crippen molar-refractivity contribution in [1.29, 1.82) is 5.26 Å². The van der Waals surface area contributed by atoms with Gasteiger partial charge in [-0.2, -0.15) is 5.26 Å². The predicted molar refractivity (Wildman–Crippen MR) is 70.5 cm³/mol. The Morgan fingerprint density at radius 3 is 2.68 bits per heavy atom. The van der Waals surface area contributed by atoms with Crippen LogP contribution >= 0.6 is 0 Å². The van der Waals surface area contributed by atoms with Gasteiger partial charge in [-0.1, -0.05) is 0 Å². The molecule has 0 bridgehead atoms. The summed E-state index contributed by atoms with van der Waals surface area (Å²) in [7, 11) is 0. The third kappa shape index (κ3) is 3.28. The minimum Gasteiger partial charge on any atom is -0.315 e. The van der Waals surface area contributed by atoms with Gasteiger partial charge in [0.05, 0.1) is 11.0 Å².